The van der Waals surface area contributed by atoms with E-state index in [0.717, 1.165) is 4.57 Å². The Morgan fingerprint density at radius 3 is 2.71 bits per heavy atom. The number of aromatic nitrogens is 4. The molecule has 2 aliphatic rings. The maximum atomic E-state index is 14.9. The number of hydrogen-bond acceptors (Lipinski definition) is 7. The van der Waals surface area contributed by atoms with Gasteiger partial charge in [-0.3, -0.25) is 9.78 Å². The van der Waals surface area contributed by atoms with Gasteiger partial charge in [-0.15, -0.1) is 10.2 Å². The van der Waals surface area contributed by atoms with E-state index in [2.05, 4.69) is 21.3 Å². The van der Waals surface area contributed by atoms with E-state index in [1.165, 1.54) is 19.4 Å². The molecule has 5 rings (SSSR count). The van der Waals surface area contributed by atoms with Gasteiger partial charge in [0.1, 0.15) is 11.6 Å². The summed E-state index contributed by atoms with van der Waals surface area (Å²) in [5, 5.41) is 17.2. The van der Waals surface area contributed by atoms with Gasteiger partial charge in [0.2, 0.25) is 11.7 Å². The minimum atomic E-state index is -4.61. The second-order valence-corrected chi connectivity index (χ2v) is 9.47. The third-order valence-corrected chi connectivity index (χ3v) is 7.46. The van der Waals surface area contributed by atoms with Crippen molar-refractivity contribution in [1.82, 2.24) is 24.6 Å². The number of alkyl halides is 3. The smallest absolute Gasteiger partial charge is 0.451 e. The molecule has 0 N–H and O–H groups in total. The largest absolute Gasteiger partial charge is 0.494 e. The molecule has 0 aliphatic carbocycles. The van der Waals surface area contributed by atoms with Crippen molar-refractivity contribution in [3.8, 4) is 11.8 Å². The van der Waals surface area contributed by atoms with Crippen LogP contribution >= 0.6 is 0 Å². The SMILES string of the molecule is CC[C@H]1CN(c2c(C#N)cnc3c(F)c(OC)ccc23)CC[C@H]1C(=O)N1CCn2c(nnc2C(F)(F)F)C1. The molecule has 38 heavy (non-hydrogen) atoms. The molecule has 1 saturated heterocycles. The average Bonchev–Trinajstić information content (AvgIpc) is 3.36. The predicted octanol–water partition coefficient (Wildman–Crippen LogP) is 3.76. The summed E-state index contributed by atoms with van der Waals surface area (Å²) in [4.78, 5) is 21.2. The Bertz CT molecular complexity index is 1430. The van der Waals surface area contributed by atoms with E-state index < -0.39 is 17.8 Å². The molecule has 2 aliphatic heterocycles. The lowest BCUT2D eigenvalue weighted by atomic mass is 9.82. The van der Waals surface area contributed by atoms with Crippen LogP contribution in [-0.4, -0.2) is 57.3 Å². The number of carbonyl (C=O) groups excluding carboxylic acids is 1. The van der Waals surface area contributed by atoms with Gasteiger partial charge in [-0.25, -0.2) is 4.39 Å². The van der Waals surface area contributed by atoms with Crippen LogP contribution in [0.15, 0.2) is 18.3 Å². The van der Waals surface area contributed by atoms with Gasteiger partial charge >= 0.3 is 6.18 Å². The van der Waals surface area contributed by atoms with E-state index in [9.17, 15) is 27.6 Å². The van der Waals surface area contributed by atoms with E-state index in [1.54, 1.807) is 11.0 Å². The lowest BCUT2D eigenvalue weighted by molar-refractivity contribution is -0.148. The van der Waals surface area contributed by atoms with E-state index in [0.29, 0.717) is 42.6 Å². The number of hydrogen-bond donors (Lipinski definition) is 0. The second kappa shape index (κ2) is 9.74. The molecule has 1 amide bonds. The summed E-state index contributed by atoms with van der Waals surface area (Å²) in [6, 6.07) is 5.32. The molecule has 0 spiro atoms. The summed E-state index contributed by atoms with van der Waals surface area (Å²) in [5.74, 6) is -2.05. The van der Waals surface area contributed by atoms with Gasteiger partial charge in [0, 0.05) is 43.7 Å². The number of fused-ring (bicyclic) bond motifs is 2. The Balaban J connectivity index is 1.38. The first-order chi connectivity index (χ1) is 18.2. The number of halogens is 4. The third kappa shape index (κ3) is 4.27. The Morgan fingerprint density at radius 1 is 1.24 bits per heavy atom. The molecule has 0 radical (unpaired) electrons. The maximum absolute atomic E-state index is 14.9. The number of benzene rings is 1. The van der Waals surface area contributed by atoms with Gasteiger partial charge in [0.05, 0.1) is 24.9 Å². The van der Waals surface area contributed by atoms with Crippen LogP contribution in [0, 0.1) is 29.0 Å². The summed E-state index contributed by atoms with van der Waals surface area (Å²) in [6.07, 6.45) is -2.12. The maximum Gasteiger partial charge on any atom is 0.451 e. The number of nitrogens with zero attached hydrogens (tertiary/aromatic N) is 7. The predicted molar refractivity (Wildman–Crippen MR) is 128 cm³/mol. The normalized spacial score (nSPS) is 19.8. The summed E-state index contributed by atoms with van der Waals surface area (Å²) >= 11 is 0. The van der Waals surface area contributed by atoms with Crippen LogP contribution in [0.3, 0.4) is 0 Å². The zero-order valence-electron chi connectivity index (χ0n) is 20.8. The van der Waals surface area contributed by atoms with Crippen molar-refractivity contribution in [2.24, 2.45) is 11.8 Å². The Kier molecular flexibility index (Phi) is 6.58. The highest BCUT2D eigenvalue weighted by Gasteiger charge is 2.42. The standard InChI is InChI=1S/C25H25F4N7O2/c1-3-14-12-34(22-15(10-30)11-31-21-17(22)4-5-18(38-2)20(21)26)7-6-16(14)23(37)35-8-9-36-19(13-35)32-33-24(36)25(27,28)29/h4-5,11,14,16H,3,6-9,12-13H2,1-2H3/t14-,16+/m0/s1. The van der Waals surface area contributed by atoms with Crippen LogP contribution in [0.1, 0.15) is 37.0 Å². The fourth-order valence-electron chi connectivity index (χ4n) is 5.54. The Labute approximate surface area is 215 Å². The van der Waals surface area contributed by atoms with Crippen LogP contribution in [0.25, 0.3) is 10.9 Å². The molecule has 1 fully saturated rings. The fourth-order valence-corrected chi connectivity index (χ4v) is 5.54. The molecule has 4 heterocycles. The van der Waals surface area contributed by atoms with Gasteiger partial charge in [0.25, 0.3) is 0 Å². The highest BCUT2D eigenvalue weighted by Crippen LogP contribution is 2.38. The van der Waals surface area contributed by atoms with Crippen LogP contribution in [0.2, 0.25) is 0 Å². The molecule has 1 aromatic carbocycles. The van der Waals surface area contributed by atoms with Crippen molar-refractivity contribution in [3.63, 3.8) is 0 Å². The first-order valence-electron chi connectivity index (χ1n) is 12.3. The minimum Gasteiger partial charge on any atom is -0.494 e. The van der Waals surface area contributed by atoms with Gasteiger partial charge < -0.3 is 19.1 Å². The van der Waals surface area contributed by atoms with Gasteiger partial charge in [-0.1, -0.05) is 13.3 Å². The first-order valence-corrected chi connectivity index (χ1v) is 12.3. The summed E-state index contributed by atoms with van der Waals surface area (Å²) in [6.45, 7) is 2.94. The third-order valence-electron chi connectivity index (χ3n) is 7.46. The van der Waals surface area contributed by atoms with Crippen molar-refractivity contribution in [1.29, 1.82) is 5.26 Å². The number of carbonyl (C=O) groups is 1. The van der Waals surface area contributed by atoms with Crippen molar-refractivity contribution < 1.29 is 27.1 Å². The van der Waals surface area contributed by atoms with Crippen LogP contribution in [0.5, 0.6) is 5.75 Å². The number of piperidine rings is 1. The molecule has 0 saturated carbocycles. The van der Waals surface area contributed by atoms with Crippen molar-refractivity contribution in [3.05, 3.63) is 41.4 Å². The zero-order chi connectivity index (χ0) is 27.2. The van der Waals surface area contributed by atoms with Crippen LogP contribution in [-0.2, 0) is 24.1 Å². The zero-order valence-corrected chi connectivity index (χ0v) is 20.8. The molecule has 0 unspecified atom stereocenters. The number of amides is 1. The van der Waals surface area contributed by atoms with Gasteiger partial charge in [-0.05, 0) is 24.5 Å². The van der Waals surface area contributed by atoms with E-state index >= 15 is 0 Å². The van der Waals surface area contributed by atoms with Gasteiger partial charge in [0.15, 0.2) is 17.4 Å². The molecule has 13 heteroatoms. The molecule has 3 aromatic rings. The topological polar surface area (TPSA) is 100 Å². The minimum absolute atomic E-state index is 0.0257. The number of rotatable bonds is 4. The summed E-state index contributed by atoms with van der Waals surface area (Å²) in [7, 11) is 1.36. The van der Waals surface area contributed by atoms with Crippen LogP contribution < -0.4 is 9.64 Å². The second-order valence-electron chi connectivity index (χ2n) is 9.47. The number of methoxy groups -OCH3 is 1. The molecule has 2 atom stereocenters. The highest BCUT2D eigenvalue weighted by atomic mass is 19.4. The molecule has 2 aromatic heterocycles. The van der Waals surface area contributed by atoms with E-state index in [4.69, 9.17) is 4.74 Å². The number of nitriles is 1. The summed E-state index contributed by atoms with van der Waals surface area (Å²) < 4.78 is 60.6. The lowest BCUT2D eigenvalue weighted by Crippen LogP contribution is -2.49. The summed E-state index contributed by atoms with van der Waals surface area (Å²) in [5.41, 5.74) is 0.965. The number of anilines is 1. The molecule has 0 bridgehead atoms. The van der Waals surface area contributed by atoms with Crippen molar-refractivity contribution in [2.75, 3.05) is 31.6 Å². The first kappa shape index (κ1) is 25.7. The highest BCUT2D eigenvalue weighted by molar-refractivity contribution is 5.95. The number of ether oxygens (including phenoxy) is 1. The molecular weight excluding hydrogens is 506 g/mol. The fraction of sp³-hybridized carbons (Fsp3) is 0.480. The quantitative estimate of drug-likeness (QED) is 0.473. The number of pyridine rings is 1. The van der Waals surface area contributed by atoms with E-state index in [-0.39, 0.29) is 54.5 Å². The Morgan fingerprint density at radius 2 is 2.03 bits per heavy atom. The molecular formula is C25H25F4N7O2. The lowest BCUT2D eigenvalue weighted by Gasteiger charge is -2.41. The van der Waals surface area contributed by atoms with Crippen LogP contribution in [0.4, 0.5) is 23.2 Å². The molecule has 200 valence electrons. The van der Waals surface area contributed by atoms with Crippen molar-refractivity contribution in [2.45, 2.75) is 39.0 Å². The Hall–Kier alpha value is -3.95. The molecule has 9 nitrogen and oxygen atoms in total. The van der Waals surface area contributed by atoms with Crippen molar-refractivity contribution >= 4 is 22.5 Å². The average molecular weight is 532 g/mol. The monoisotopic (exact) mass is 531 g/mol. The van der Waals surface area contributed by atoms with Gasteiger partial charge in [-0.2, -0.15) is 18.4 Å². The van der Waals surface area contributed by atoms with E-state index in [1.807, 2.05) is 11.8 Å².